The van der Waals surface area contributed by atoms with Crippen LogP contribution in [0.3, 0.4) is 0 Å². The van der Waals surface area contributed by atoms with Crippen molar-refractivity contribution < 1.29 is 19.4 Å². The van der Waals surface area contributed by atoms with Crippen LogP contribution in [-0.2, 0) is 9.53 Å². The van der Waals surface area contributed by atoms with Gasteiger partial charge in [0.25, 0.3) is 0 Å². The molecule has 2 amide bonds. The highest BCUT2D eigenvalue weighted by Crippen LogP contribution is 2.06. The first-order valence-electron chi connectivity index (χ1n) is 5.93. The van der Waals surface area contributed by atoms with Crippen LogP contribution in [0.25, 0.3) is 0 Å². The fraction of sp³-hybridized carbons (Fsp3) is 0.818. The van der Waals surface area contributed by atoms with E-state index in [-0.39, 0.29) is 12.1 Å². The van der Waals surface area contributed by atoms with Crippen molar-refractivity contribution in [1.82, 2.24) is 10.2 Å². The summed E-state index contributed by atoms with van der Waals surface area (Å²) in [6.07, 6.45) is 2.34. The molecule has 2 N–H and O–H groups in total. The Kier molecular flexibility index (Phi) is 6.28. The number of morpholine rings is 1. The first-order valence-corrected chi connectivity index (χ1v) is 7.32. The Bertz CT molecular complexity index is 301. The van der Waals surface area contributed by atoms with Crippen molar-refractivity contribution in [1.29, 1.82) is 0 Å². The van der Waals surface area contributed by atoms with Gasteiger partial charge in [0.1, 0.15) is 6.04 Å². The van der Waals surface area contributed by atoms with Gasteiger partial charge in [0.2, 0.25) is 0 Å². The van der Waals surface area contributed by atoms with Crippen LogP contribution in [0.4, 0.5) is 4.79 Å². The number of nitrogens with zero attached hydrogens (tertiary/aromatic N) is 1. The van der Waals surface area contributed by atoms with Gasteiger partial charge in [-0.2, -0.15) is 11.8 Å². The molecule has 0 radical (unpaired) electrons. The van der Waals surface area contributed by atoms with E-state index in [1.54, 1.807) is 16.7 Å². The highest BCUT2D eigenvalue weighted by Gasteiger charge is 2.25. The molecule has 18 heavy (non-hydrogen) atoms. The molecule has 1 aliphatic rings. The Balaban J connectivity index is 2.46. The first-order chi connectivity index (χ1) is 8.54. The number of rotatable bonds is 5. The van der Waals surface area contributed by atoms with Crippen molar-refractivity contribution in [2.24, 2.45) is 0 Å². The van der Waals surface area contributed by atoms with Crippen LogP contribution in [0.15, 0.2) is 0 Å². The molecular weight excluding hydrogens is 256 g/mol. The number of hydrogen-bond acceptors (Lipinski definition) is 4. The number of amides is 2. The highest BCUT2D eigenvalue weighted by atomic mass is 32.2. The number of carboxylic acid groups (broad SMARTS) is 1. The summed E-state index contributed by atoms with van der Waals surface area (Å²) in [4.78, 5) is 24.5. The standard InChI is InChI=1S/C11H20N2O4S/c1-8-7-13(4-5-17-8)11(16)12-9(10(14)15)3-6-18-2/h8-9H,3-7H2,1-2H3,(H,12,16)(H,14,15)/t8?,9-/m0/s1. The number of carbonyl (C=O) groups is 2. The lowest BCUT2D eigenvalue weighted by Crippen LogP contribution is -2.53. The SMILES string of the molecule is CSCC[C@H](NC(=O)N1CCOC(C)C1)C(=O)O. The first kappa shape index (κ1) is 15.1. The van der Waals surface area contributed by atoms with Gasteiger partial charge < -0.3 is 20.1 Å². The lowest BCUT2D eigenvalue weighted by atomic mass is 10.2. The Hall–Kier alpha value is -0.950. The molecule has 1 unspecified atom stereocenters. The summed E-state index contributed by atoms with van der Waals surface area (Å²) in [6, 6.07) is -1.14. The van der Waals surface area contributed by atoms with E-state index >= 15 is 0 Å². The zero-order valence-electron chi connectivity index (χ0n) is 10.7. The van der Waals surface area contributed by atoms with Crippen LogP contribution in [0, 0.1) is 0 Å². The van der Waals surface area contributed by atoms with Crippen LogP contribution >= 0.6 is 11.8 Å². The van der Waals surface area contributed by atoms with Crippen LogP contribution in [0.5, 0.6) is 0 Å². The smallest absolute Gasteiger partial charge is 0.326 e. The van der Waals surface area contributed by atoms with E-state index in [1.807, 2.05) is 13.2 Å². The number of hydrogen-bond donors (Lipinski definition) is 2. The molecule has 1 fully saturated rings. The maximum absolute atomic E-state index is 11.9. The molecule has 0 aromatic heterocycles. The molecule has 1 aliphatic heterocycles. The number of thioether (sulfide) groups is 1. The van der Waals surface area contributed by atoms with E-state index in [9.17, 15) is 9.59 Å². The average Bonchev–Trinajstić information content (AvgIpc) is 2.33. The number of carbonyl (C=O) groups excluding carboxylic acids is 1. The van der Waals surface area contributed by atoms with Gasteiger partial charge in [0, 0.05) is 13.1 Å². The maximum atomic E-state index is 11.9. The lowest BCUT2D eigenvalue weighted by Gasteiger charge is -2.32. The lowest BCUT2D eigenvalue weighted by molar-refractivity contribution is -0.139. The van der Waals surface area contributed by atoms with Crippen LogP contribution in [0.1, 0.15) is 13.3 Å². The molecule has 0 bridgehead atoms. The van der Waals surface area contributed by atoms with Crippen molar-refractivity contribution in [2.45, 2.75) is 25.5 Å². The Labute approximate surface area is 111 Å². The monoisotopic (exact) mass is 276 g/mol. The molecule has 1 heterocycles. The van der Waals surface area contributed by atoms with Crippen molar-refractivity contribution >= 4 is 23.8 Å². The van der Waals surface area contributed by atoms with E-state index in [0.29, 0.717) is 31.9 Å². The molecule has 0 saturated carbocycles. The van der Waals surface area contributed by atoms with E-state index in [2.05, 4.69) is 5.32 Å². The van der Waals surface area contributed by atoms with Gasteiger partial charge >= 0.3 is 12.0 Å². The minimum atomic E-state index is -0.987. The second-order valence-electron chi connectivity index (χ2n) is 4.25. The van der Waals surface area contributed by atoms with E-state index < -0.39 is 12.0 Å². The molecular formula is C11H20N2O4S. The normalized spacial score (nSPS) is 21.4. The van der Waals surface area contributed by atoms with Crippen molar-refractivity contribution in [2.75, 3.05) is 31.7 Å². The molecule has 0 aromatic rings. The second kappa shape index (κ2) is 7.48. The summed E-state index contributed by atoms with van der Waals surface area (Å²) >= 11 is 1.56. The predicted octanol–water partition coefficient (Wildman–Crippen LogP) is 0.623. The van der Waals surface area contributed by atoms with Crippen LogP contribution < -0.4 is 5.32 Å². The van der Waals surface area contributed by atoms with E-state index in [0.717, 1.165) is 0 Å². The van der Waals surface area contributed by atoms with Gasteiger partial charge in [-0.25, -0.2) is 9.59 Å². The minimum Gasteiger partial charge on any atom is -0.480 e. The number of urea groups is 1. The maximum Gasteiger partial charge on any atom is 0.326 e. The van der Waals surface area contributed by atoms with Gasteiger partial charge in [0.15, 0.2) is 0 Å². The highest BCUT2D eigenvalue weighted by molar-refractivity contribution is 7.98. The summed E-state index contributed by atoms with van der Waals surface area (Å²) < 4.78 is 5.33. The largest absolute Gasteiger partial charge is 0.480 e. The predicted molar refractivity (Wildman–Crippen MR) is 69.9 cm³/mol. The van der Waals surface area contributed by atoms with Gasteiger partial charge in [0.05, 0.1) is 12.7 Å². The third-order valence-corrected chi connectivity index (χ3v) is 3.38. The number of ether oxygens (including phenoxy) is 1. The van der Waals surface area contributed by atoms with Crippen LogP contribution in [-0.4, -0.2) is 65.9 Å². The van der Waals surface area contributed by atoms with Gasteiger partial charge in [-0.15, -0.1) is 0 Å². The molecule has 0 spiro atoms. The van der Waals surface area contributed by atoms with E-state index in [1.165, 1.54) is 0 Å². The molecule has 6 nitrogen and oxygen atoms in total. The van der Waals surface area contributed by atoms with Crippen LogP contribution in [0.2, 0.25) is 0 Å². The molecule has 7 heteroatoms. The summed E-state index contributed by atoms with van der Waals surface area (Å²) in [5.74, 6) is -0.282. The molecule has 0 aromatic carbocycles. The van der Waals surface area contributed by atoms with Gasteiger partial charge in [-0.1, -0.05) is 0 Å². The fourth-order valence-electron chi connectivity index (χ4n) is 1.74. The third kappa shape index (κ3) is 4.73. The zero-order valence-corrected chi connectivity index (χ0v) is 11.5. The Morgan fingerprint density at radius 2 is 2.33 bits per heavy atom. The minimum absolute atomic E-state index is 0.000949. The zero-order chi connectivity index (χ0) is 13.5. The quantitative estimate of drug-likeness (QED) is 0.769. The third-order valence-electron chi connectivity index (χ3n) is 2.73. The molecule has 104 valence electrons. The fourth-order valence-corrected chi connectivity index (χ4v) is 2.21. The van der Waals surface area contributed by atoms with Crippen molar-refractivity contribution in [3.8, 4) is 0 Å². The molecule has 1 saturated heterocycles. The Morgan fingerprint density at radius 3 is 2.89 bits per heavy atom. The summed E-state index contributed by atoms with van der Waals surface area (Å²) in [6.45, 7) is 3.39. The molecule has 2 atom stereocenters. The number of carboxylic acids is 1. The average molecular weight is 276 g/mol. The van der Waals surface area contributed by atoms with Crippen molar-refractivity contribution in [3.63, 3.8) is 0 Å². The molecule has 1 rings (SSSR count). The van der Waals surface area contributed by atoms with Crippen molar-refractivity contribution in [3.05, 3.63) is 0 Å². The summed E-state index contributed by atoms with van der Waals surface area (Å²) in [5.41, 5.74) is 0. The molecule has 0 aliphatic carbocycles. The number of nitrogens with one attached hydrogen (secondary N) is 1. The number of aliphatic carboxylic acids is 1. The van der Waals surface area contributed by atoms with Gasteiger partial charge in [-0.05, 0) is 25.4 Å². The summed E-state index contributed by atoms with van der Waals surface area (Å²) in [5, 5.41) is 11.6. The summed E-state index contributed by atoms with van der Waals surface area (Å²) in [7, 11) is 0. The van der Waals surface area contributed by atoms with E-state index in [4.69, 9.17) is 9.84 Å². The second-order valence-corrected chi connectivity index (χ2v) is 5.23. The topological polar surface area (TPSA) is 78.9 Å². The van der Waals surface area contributed by atoms with Gasteiger partial charge in [-0.3, -0.25) is 0 Å². The Morgan fingerprint density at radius 1 is 1.61 bits per heavy atom.